The highest BCUT2D eigenvalue weighted by molar-refractivity contribution is 5.74. The minimum Gasteiger partial charge on any atom is -0.482 e. The van der Waals surface area contributed by atoms with Crippen molar-refractivity contribution < 1.29 is 14.6 Å². The maximum atomic E-state index is 11.1. The van der Waals surface area contributed by atoms with E-state index in [1.165, 1.54) is 4.90 Å². The topological polar surface area (TPSA) is 67.6 Å². The first-order chi connectivity index (χ1) is 10.6. The van der Waals surface area contributed by atoms with Crippen LogP contribution in [-0.4, -0.2) is 39.0 Å². The predicted octanol–water partition coefficient (Wildman–Crippen LogP) is 2.45. The van der Waals surface area contributed by atoms with Crippen LogP contribution in [0.4, 0.5) is 4.79 Å². The van der Waals surface area contributed by atoms with Gasteiger partial charge in [0.25, 0.3) is 0 Å². The molecule has 1 spiro atoms. The molecule has 1 saturated heterocycles. The van der Waals surface area contributed by atoms with Crippen molar-refractivity contribution in [1.82, 2.24) is 14.7 Å². The van der Waals surface area contributed by atoms with Gasteiger partial charge in [-0.05, 0) is 12.1 Å². The number of para-hydroxylation sites is 1. The van der Waals surface area contributed by atoms with Crippen molar-refractivity contribution in [3.05, 3.63) is 36.0 Å². The number of benzene rings is 1. The van der Waals surface area contributed by atoms with E-state index in [-0.39, 0.29) is 0 Å². The molecule has 1 aromatic carbocycles. The highest BCUT2D eigenvalue weighted by Gasteiger charge is 2.45. The van der Waals surface area contributed by atoms with E-state index in [1.807, 2.05) is 42.2 Å². The zero-order valence-corrected chi connectivity index (χ0v) is 12.3. The molecule has 0 radical (unpaired) electrons. The lowest BCUT2D eigenvalue weighted by atomic mass is 9.81. The minimum atomic E-state index is -0.863. The van der Waals surface area contributed by atoms with Gasteiger partial charge in [-0.1, -0.05) is 12.1 Å². The molecule has 3 heterocycles. The number of hydrogen-bond acceptors (Lipinski definition) is 3. The third-order valence-corrected chi connectivity index (χ3v) is 4.72. The minimum absolute atomic E-state index is 0.468. The number of likely N-dealkylation sites (tertiary alicyclic amines) is 1. The fourth-order valence-electron chi connectivity index (χ4n) is 3.54. The summed E-state index contributed by atoms with van der Waals surface area (Å²) >= 11 is 0. The lowest BCUT2D eigenvalue weighted by Crippen LogP contribution is -2.48. The quantitative estimate of drug-likeness (QED) is 0.811. The molecule has 0 unspecified atom stereocenters. The van der Waals surface area contributed by atoms with Gasteiger partial charge in [0, 0.05) is 44.1 Å². The van der Waals surface area contributed by atoms with Crippen molar-refractivity contribution in [3.63, 3.8) is 0 Å². The summed E-state index contributed by atoms with van der Waals surface area (Å²) in [6.07, 6.45) is 2.29. The van der Waals surface area contributed by atoms with Crippen LogP contribution in [0.1, 0.15) is 18.4 Å². The van der Waals surface area contributed by atoms with Crippen molar-refractivity contribution >= 4 is 6.09 Å². The molecule has 2 aromatic rings. The Morgan fingerprint density at radius 2 is 2.05 bits per heavy atom. The Kier molecular flexibility index (Phi) is 2.69. The summed E-state index contributed by atoms with van der Waals surface area (Å²) in [4.78, 5) is 12.6. The Morgan fingerprint density at radius 3 is 2.77 bits per heavy atom. The molecular weight excluding hydrogens is 282 g/mol. The van der Waals surface area contributed by atoms with E-state index in [4.69, 9.17) is 9.84 Å². The number of fused-ring (bicyclic) bond motifs is 4. The Morgan fingerprint density at radius 1 is 1.32 bits per heavy atom. The fraction of sp³-hybridized carbons (Fsp3) is 0.375. The Bertz CT molecular complexity index is 745. The molecule has 6 nitrogen and oxygen atoms in total. The summed E-state index contributed by atoms with van der Waals surface area (Å²) in [6, 6.07) is 7.95. The van der Waals surface area contributed by atoms with Gasteiger partial charge in [0.05, 0.1) is 11.9 Å². The molecule has 2 aliphatic heterocycles. The van der Waals surface area contributed by atoms with Crippen LogP contribution in [0.15, 0.2) is 30.5 Å². The van der Waals surface area contributed by atoms with Gasteiger partial charge >= 0.3 is 6.09 Å². The summed E-state index contributed by atoms with van der Waals surface area (Å²) in [5, 5.41) is 13.6. The van der Waals surface area contributed by atoms with Crippen LogP contribution < -0.4 is 4.74 Å². The molecule has 4 rings (SSSR count). The number of aromatic nitrogens is 2. The summed E-state index contributed by atoms with van der Waals surface area (Å²) in [6.45, 7) is 0.956. The van der Waals surface area contributed by atoms with Crippen molar-refractivity contribution in [3.8, 4) is 17.0 Å². The maximum absolute atomic E-state index is 11.1. The number of carbonyl (C=O) groups is 1. The number of ether oxygens (including phenoxy) is 1. The monoisotopic (exact) mass is 299 g/mol. The third kappa shape index (κ3) is 1.73. The van der Waals surface area contributed by atoms with Gasteiger partial charge in [0.1, 0.15) is 11.4 Å². The summed E-state index contributed by atoms with van der Waals surface area (Å²) in [5.41, 5.74) is 2.72. The zero-order chi connectivity index (χ0) is 15.3. The van der Waals surface area contributed by atoms with Crippen LogP contribution in [-0.2, 0) is 12.6 Å². The molecule has 1 amide bonds. The van der Waals surface area contributed by atoms with Crippen LogP contribution in [0, 0.1) is 0 Å². The standard InChI is InChI=1S/C16H17N3O3/c1-18-14-11-4-2-3-5-13(11)22-16(12(14)10-17-18)6-8-19(9-7-16)15(20)21/h2-5,10H,6-9H2,1H3,(H,20,21). The normalized spacial score (nSPS) is 18.5. The summed E-state index contributed by atoms with van der Waals surface area (Å²) < 4.78 is 8.23. The van der Waals surface area contributed by atoms with Crippen LogP contribution in [0.25, 0.3) is 11.3 Å². The second-order valence-electron chi connectivity index (χ2n) is 5.89. The predicted molar refractivity (Wildman–Crippen MR) is 79.8 cm³/mol. The van der Waals surface area contributed by atoms with Crippen LogP contribution in [0.5, 0.6) is 5.75 Å². The Balaban J connectivity index is 1.79. The first kappa shape index (κ1) is 13.2. The molecule has 114 valence electrons. The number of amides is 1. The van der Waals surface area contributed by atoms with Crippen LogP contribution in [0.2, 0.25) is 0 Å². The SMILES string of the molecule is Cn1ncc2c1-c1ccccc1OC21CCN(C(=O)O)CC1. The van der Waals surface area contributed by atoms with E-state index in [0.717, 1.165) is 22.6 Å². The number of carboxylic acid groups (broad SMARTS) is 1. The lowest BCUT2D eigenvalue weighted by Gasteiger charge is -2.43. The molecular formula is C16H17N3O3. The molecule has 2 aliphatic rings. The van der Waals surface area contributed by atoms with Crippen molar-refractivity contribution in [2.24, 2.45) is 7.05 Å². The zero-order valence-electron chi connectivity index (χ0n) is 12.3. The van der Waals surface area contributed by atoms with E-state index < -0.39 is 11.7 Å². The molecule has 22 heavy (non-hydrogen) atoms. The largest absolute Gasteiger partial charge is 0.482 e. The Hall–Kier alpha value is -2.50. The fourth-order valence-corrected chi connectivity index (χ4v) is 3.54. The van der Waals surface area contributed by atoms with Gasteiger partial charge in [-0.2, -0.15) is 5.10 Å². The molecule has 0 saturated carbocycles. The average Bonchev–Trinajstić information content (AvgIpc) is 2.91. The number of rotatable bonds is 0. The molecule has 0 atom stereocenters. The third-order valence-electron chi connectivity index (χ3n) is 4.72. The first-order valence-electron chi connectivity index (χ1n) is 7.39. The highest BCUT2D eigenvalue weighted by atomic mass is 16.5. The number of nitrogens with zero attached hydrogens (tertiary/aromatic N) is 3. The van der Waals surface area contributed by atoms with E-state index in [9.17, 15) is 4.79 Å². The highest BCUT2D eigenvalue weighted by Crippen LogP contribution is 2.49. The van der Waals surface area contributed by atoms with Gasteiger partial charge < -0.3 is 14.7 Å². The smallest absolute Gasteiger partial charge is 0.407 e. The molecule has 1 fully saturated rings. The van der Waals surface area contributed by atoms with Gasteiger partial charge in [-0.25, -0.2) is 4.79 Å². The number of aryl methyl sites for hydroxylation is 1. The van der Waals surface area contributed by atoms with E-state index in [1.54, 1.807) is 0 Å². The van der Waals surface area contributed by atoms with Crippen molar-refractivity contribution in [2.75, 3.05) is 13.1 Å². The molecule has 1 aromatic heterocycles. The summed E-state index contributed by atoms with van der Waals surface area (Å²) in [7, 11) is 1.93. The van der Waals surface area contributed by atoms with Gasteiger partial charge in [0.2, 0.25) is 0 Å². The lowest BCUT2D eigenvalue weighted by molar-refractivity contribution is -0.000785. The van der Waals surface area contributed by atoms with Gasteiger partial charge in [-0.15, -0.1) is 0 Å². The van der Waals surface area contributed by atoms with Gasteiger partial charge in [-0.3, -0.25) is 4.68 Å². The second-order valence-corrected chi connectivity index (χ2v) is 5.89. The molecule has 0 bridgehead atoms. The van der Waals surface area contributed by atoms with E-state index >= 15 is 0 Å². The molecule has 6 heteroatoms. The Labute approximate surface area is 127 Å². The first-order valence-corrected chi connectivity index (χ1v) is 7.39. The second kappa shape index (κ2) is 4.50. The number of piperidine rings is 1. The van der Waals surface area contributed by atoms with Crippen molar-refractivity contribution in [1.29, 1.82) is 0 Å². The average molecular weight is 299 g/mol. The number of hydrogen-bond donors (Lipinski definition) is 1. The van der Waals surface area contributed by atoms with E-state index in [0.29, 0.717) is 25.9 Å². The summed E-state index contributed by atoms with van der Waals surface area (Å²) in [5.74, 6) is 0.849. The van der Waals surface area contributed by atoms with Crippen molar-refractivity contribution in [2.45, 2.75) is 18.4 Å². The molecule has 0 aliphatic carbocycles. The maximum Gasteiger partial charge on any atom is 0.407 e. The van der Waals surface area contributed by atoms with Crippen LogP contribution >= 0.6 is 0 Å². The van der Waals surface area contributed by atoms with Crippen LogP contribution in [0.3, 0.4) is 0 Å². The van der Waals surface area contributed by atoms with Gasteiger partial charge in [0.15, 0.2) is 0 Å². The van der Waals surface area contributed by atoms with E-state index in [2.05, 4.69) is 5.10 Å². The molecule has 1 N–H and O–H groups in total.